The average molecular weight is 456 g/mol. The Labute approximate surface area is 194 Å². The van der Waals surface area contributed by atoms with Crippen LogP contribution in [0.3, 0.4) is 0 Å². The van der Waals surface area contributed by atoms with Crippen molar-refractivity contribution >= 4 is 34.8 Å². The van der Waals surface area contributed by atoms with Crippen molar-refractivity contribution in [3.63, 3.8) is 0 Å². The number of aryl methyl sites for hydroxylation is 1. The number of anilines is 2. The summed E-state index contributed by atoms with van der Waals surface area (Å²) < 4.78 is 5.79. The third kappa shape index (κ3) is 4.45. The lowest BCUT2D eigenvalue weighted by Crippen LogP contribution is -2.63. The minimum absolute atomic E-state index is 0.0479. The molecular weight excluding hydrogens is 426 g/mol. The molecule has 3 N–H and O–H groups in total. The molecule has 170 valence electrons. The van der Waals surface area contributed by atoms with Crippen molar-refractivity contribution in [2.75, 3.05) is 11.9 Å². The number of halogens is 1. The molecule has 7 nitrogen and oxygen atoms in total. The van der Waals surface area contributed by atoms with Crippen LogP contribution < -0.4 is 10.6 Å². The minimum atomic E-state index is -0.786. The number of nitrogens with zero attached hydrogens (tertiary/aromatic N) is 2. The van der Waals surface area contributed by atoms with Crippen molar-refractivity contribution in [1.82, 2.24) is 15.2 Å². The first kappa shape index (κ1) is 22.6. The summed E-state index contributed by atoms with van der Waals surface area (Å²) in [5.41, 5.74) is 2.17. The van der Waals surface area contributed by atoms with Crippen LogP contribution >= 0.6 is 11.6 Å². The highest BCUT2D eigenvalue weighted by Gasteiger charge is 2.45. The number of benzene rings is 1. The summed E-state index contributed by atoms with van der Waals surface area (Å²) in [6.45, 7) is 8.49. The van der Waals surface area contributed by atoms with E-state index in [-0.39, 0.29) is 29.9 Å². The Kier molecular flexibility index (Phi) is 5.90. The van der Waals surface area contributed by atoms with E-state index in [9.17, 15) is 4.79 Å². The second-order valence-corrected chi connectivity index (χ2v) is 9.86. The number of guanidine groups is 1. The molecule has 0 aliphatic carbocycles. The maximum atomic E-state index is 13.3. The highest BCUT2D eigenvalue weighted by Crippen LogP contribution is 2.39. The molecule has 2 fully saturated rings. The summed E-state index contributed by atoms with van der Waals surface area (Å²) in [6.07, 6.45) is 3.39. The van der Waals surface area contributed by atoms with E-state index in [1.54, 1.807) is 11.1 Å². The van der Waals surface area contributed by atoms with Gasteiger partial charge in [0, 0.05) is 18.3 Å². The van der Waals surface area contributed by atoms with E-state index in [2.05, 4.69) is 15.6 Å². The zero-order chi connectivity index (χ0) is 23.1. The third-order valence-corrected chi connectivity index (χ3v) is 6.64. The van der Waals surface area contributed by atoms with Crippen LogP contribution in [-0.2, 0) is 15.1 Å². The maximum Gasteiger partial charge on any atom is 0.232 e. The molecule has 2 atom stereocenters. The van der Waals surface area contributed by atoms with E-state index in [0.717, 1.165) is 29.1 Å². The lowest BCUT2D eigenvalue weighted by molar-refractivity contribution is -0.137. The van der Waals surface area contributed by atoms with Crippen molar-refractivity contribution < 1.29 is 9.53 Å². The summed E-state index contributed by atoms with van der Waals surface area (Å²) in [5, 5.41) is 15.8. The molecule has 2 aromatic rings. The molecule has 1 aromatic carbocycles. The van der Waals surface area contributed by atoms with E-state index in [4.69, 9.17) is 21.7 Å². The van der Waals surface area contributed by atoms with E-state index in [1.807, 2.05) is 58.0 Å². The molecule has 1 amide bonds. The average Bonchev–Trinajstić information content (AvgIpc) is 2.69. The molecule has 0 bridgehead atoms. The van der Waals surface area contributed by atoms with Gasteiger partial charge in [-0.05, 0) is 64.3 Å². The lowest BCUT2D eigenvalue weighted by atomic mass is 9.84. The first-order chi connectivity index (χ1) is 15.1. The van der Waals surface area contributed by atoms with Gasteiger partial charge in [-0.3, -0.25) is 20.1 Å². The molecule has 1 aromatic heterocycles. The molecule has 2 aliphatic rings. The van der Waals surface area contributed by atoms with Gasteiger partial charge >= 0.3 is 0 Å². The number of rotatable bonds is 4. The van der Waals surface area contributed by atoms with Crippen LogP contribution in [0.4, 0.5) is 11.4 Å². The molecular formula is C24H30ClN5O2. The zero-order valence-electron chi connectivity index (χ0n) is 19.0. The SMILES string of the molecule is Cc1ccc(Nc2cccc([C@]3(C)CC(=O)N([C@@H]4CCOC(C)(C)C4)C(=N)N3)c2Cl)cn1. The summed E-state index contributed by atoms with van der Waals surface area (Å²) in [6, 6.07) is 9.52. The Balaban J connectivity index is 1.57. The third-order valence-electron chi connectivity index (χ3n) is 6.23. The fourth-order valence-corrected chi connectivity index (χ4v) is 4.98. The number of aromatic nitrogens is 1. The smallest absolute Gasteiger partial charge is 0.232 e. The summed E-state index contributed by atoms with van der Waals surface area (Å²) in [5.74, 6) is 0.0414. The Hall–Kier alpha value is -2.64. The van der Waals surface area contributed by atoms with Gasteiger partial charge in [-0.25, -0.2) is 0 Å². The van der Waals surface area contributed by atoms with Crippen LogP contribution in [0.25, 0.3) is 0 Å². The molecule has 0 unspecified atom stereocenters. The second-order valence-electron chi connectivity index (χ2n) is 9.48. The van der Waals surface area contributed by atoms with Crippen molar-refractivity contribution in [2.24, 2.45) is 0 Å². The fourth-order valence-electron chi connectivity index (χ4n) is 4.60. The van der Waals surface area contributed by atoms with Gasteiger partial charge in [-0.15, -0.1) is 0 Å². The van der Waals surface area contributed by atoms with Crippen LogP contribution in [0.15, 0.2) is 36.5 Å². The first-order valence-corrected chi connectivity index (χ1v) is 11.3. The van der Waals surface area contributed by atoms with Crippen molar-refractivity contribution in [1.29, 1.82) is 5.41 Å². The number of ether oxygens (including phenoxy) is 1. The molecule has 32 heavy (non-hydrogen) atoms. The number of hydrogen-bond donors (Lipinski definition) is 3. The van der Waals surface area contributed by atoms with Gasteiger partial charge in [-0.2, -0.15) is 0 Å². The summed E-state index contributed by atoms with van der Waals surface area (Å²) >= 11 is 6.80. The molecule has 0 radical (unpaired) electrons. The Morgan fingerprint density at radius 2 is 2.06 bits per heavy atom. The number of hydrogen-bond acceptors (Lipinski definition) is 5. The number of carbonyl (C=O) groups excluding carboxylic acids is 1. The number of carbonyl (C=O) groups is 1. The van der Waals surface area contributed by atoms with Gasteiger partial charge in [0.15, 0.2) is 5.96 Å². The van der Waals surface area contributed by atoms with E-state index < -0.39 is 5.54 Å². The molecule has 4 rings (SSSR count). The molecule has 0 spiro atoms. The van der Waals surface area contributed by atoms with Crippen molar-refractivity contribution in [3.8, 4) is 0 Å². The summed E-state index contributed by atoms with van der Waals surface area (Å²) in [7, 11) is 0. The number of nitrogens with one attached hydrogen (secondary N) is 3. The second kappa shape index (κ2) is 8.37. The normalized spacial score (nSPS) is 25.4. The molecule has 2 saturated heterocycles. The Bertz CT molecular complexity index is 1020. The van der Waals surface area contributed by atoms with E-state index in [1.165, 1.54) is 0 Å². The van der Waals surface area contributed by atoms with Crippen LogP contribution in [0.5, 0.6) is 0 Å². The topological polar surface area (TPSA) is 90.3 Å². The van der Waals surface area contributed by atoms with Gasteiger partial charge in [0.1, 0.15) is 0 Å². The standard InChI is InChI=1S/C24H30ClN5O2/c1-15-8-9-16(14-27-15)28-19-7-5-6-18(21(19)25)24(4)13-20(31)30(22(26)29-24)17-10-11-32-23(2,3)12-17/h5-9,14,17,28H,10-13H2,1-4H3,(H2,26,29)/t17-,24+/m1/s1. The molecule has 8 heteroatoms. The molecule has 2 aliphatic heterocycles. The Morgan fingerprint density at radius 1 is 1.28 bits per heavy atom. The highest BCUT2D eigenvalue weighted by atomic mass is 35.5. The van der Waals surface area contributed by atoms with Gasteiger partial charge in [0.25, 0.3) is 0 Å². The maximum absolute atomic E-state index is 13.3. The summed E-state index contributed by atoms with van der Waals surface area (Å²) in [4.78, 5) is 19.2. The van der Waals surface area contributed by atoms with E-state index >= 15 is 0 Å². The lowest BCUT2D eigenvalue weighted by Gasteiger charge is -2.47. The molecule has 0 saturated carbocycles. The van der Waals surface area contributed by atoms with Crippen molar-refractivity contribution in [2.45, 2.75) is 64.1 Å². The first-order valence-electron chi connectivity index (χ1n) is 10.9. The monoisotopic (exact) mass is 455 g/mol. The predicted molar refractivity (Wildman–Crippen MR) is 126 cm³/mol. The van der Waals surface area contributed by atoms with Crippen molar-refractivity contribution in [3.05, 3.63) is 52.8 Å². The minimum Gasteiger partial charge on any atom is -0.375 e. The quantitative estimate of drug-likeness (QED) is 0.620. The van der Waals surface area contributed by atoms with Crippen LogP contribution in [0.2, 0.25) is 5.02 Å². The number of amides is 1. The van der Waals surface area contributed by atoms with E-state index in [0.29, 0.717) is 18.1 Å². The van der Waals surface area contributed by atoms with Crippen LogP contribution in [-0.4, -0.2) is 40.0 Å². The van der Waals surface area contributed by atoms with Gasteiger partial charge in [0.05, 0.1) is 40.2 Å². The Morgan fingerprint density at radius 3 is 2.72 bits per heavy atom. The predicted octanol–water partition coefficient (Wildman–Crippen LogP) is 4.72. The largest absolute Gasteiger partial charge is 0.375 e. The fraction of sp³-hybridized carbons (Fsp3) is 0.458. The van der Waals surface area contributed by atoms with Gasteiger partial charge < -0.3 is 15.4 Å². The van der Waals surface area contributed by atoms with Gasteiger partial charge in [-0.1, -0.05) is 23.7 Å². The van der Waals surface area contributed by atoms with Crippen LogP contribution in [0, 0.1) is 12.3 Å². The van der Waals surface area contributed by atoms with Crippen LogP contribution in [0.1, 0.15) is 51.3 Å². The number of pyridine rings is 1. The van der Waals surface area contributed by atoms with Gasteiger partial charge in [0.2, 0.25) is 5.91 Å². The highest BCUT2D eigenvalue weighted by molar-refractivity contribution is 6.34. The zero-order valence-corrected chi connectivity index (χ0v) is 19.7. The molecule has 3 heterocycles.